The van der Waals surface area contributed by atoms with Crippen LogP contribution in [0.15, 0.2) is 67.5 Å². The number of anilines is 2. The van der Waals surface area contributed by atoms with Crippen molar-refractivity contribution in [3.63, 3.8) is 0 Å². The first-order chi connectivity index (χ1) is 28.4. The highest BCUT2D eigenvalue weighted by atomic mass is 127. The highest BCUT2D eigenvalue weighted by Crippen LogP contribution is 2.34. The third kappa shape index (κ3) is 9.04. The van der Waals surface area contributed by atoms with E-state index in [1.54, 1.807) is 0 Å². The van der Waals surface area contributed by atoms with E-state index < -0.39 is 60.9 Å². The quantitative estimate of drug-likeness (QED) is 0.0713. The summed E-state index contributed by atoms with van der Waals surface area (Å²) in [5.41, 5.74) is 3.77. The summed E-state index contributed by atoms with van der Waals surface area (Å²) >= 11 is 10.6. The van der Waals surface area contributed by atoms with Gasteiger partial charge in [0.15, 0.2) is 58.6 Å². The van der Waals surface area contributed by atoms with Crippen LogP contribution in [0.1, 0.15) is 23.6 Å². The van der Waals surface area contributed by atoms with Crippen LogP contribution < -0.4 is 21.3 Å². The van der Waals surface area contributed by atoms with Crippen molar-refractivity contribution in [1.82, 2.24) is 49.7 Å². The number of aliphatic hydroxyl groups is 4. The van der Waals surface area contributed by atoms with Crippen LogP contribution in [0.25, 0.3) is 22.3 Å². The minimum atomic E-state index is -1.40. The number of hydrogen-bond acceptors (Lipinski definition) is 16. The number of amides is 2. The highest BCUT2D eigenvalue weighted by molar-refractivity contribution is 14.1. The van der Waals surface area contributed by atoms with E-state index in [1.165, 1.54) is 42.2 Å². The molecular formula is C36H37ClI2N12O8. The van der Waals surface area contributed by atoms with Gasteiger partial charge in [-0.3, -0.25) is 18.7 Å². The van der Waals surface area contributed by atoms with Crippen molar-refractivity contribution in [2.45, 2.75) is 62.2 Å². The number of ether oxygens (including phenoxy) is 2. The molecule has 0 bridgehead atoms. The number of carbonyl (C=O) groups is 2. The number of imidazole rings is 2. The van der Waals surface area contributed by atoms with Crippen LogP contribution in [0.4, 0.5) is 11.6 Å². The second-order valence-electron chi connectivity index (χ2n) is 13.3. The first-order valence-electron chi connectivity index (χ1n) is 17.9. The zero-order valence-corrected chi connectivity index (χ0v) is 36.1. The van der Waals surface area contributed by atoms with Gasteiger partial charge in [-0.15, -0.1) is 0 Å². The highest BCUT2D eigenvalue weighted by Gasteiger charge is 2.48. The maximum atomic E-state index is 11.9. The first-order valence-corrected chi connectivity index (χ1v) is 20.4. The molecule has 8 N–H and O–H groups in total. The summed E-state index contributed by atoms with van der Waals surface area (Å²) in [6.45, 7) is 1.04. The fourth-order valence-corrected chi connectivity index (χ4v) is 7.91. The number of nitrogens with one attached hydrogen (secondary N) is 4. The SMILES string of the molecule is CNC(=O)[C@H]1O[C@@H](n2cnc3c(NCc4cccc(I)c4)nc(Cl)nc32)C(O)[C@H]1O.CNC(=O)[C@H]1O[C@@H](n2cnc3c(NCc4cccc(I)c4)ncnc32)C(O)[C@H]1O. The number of nitrogens with zero attached hydrogens (tertiary/aromatic N) is 8. The Kier molecular flexibility index (Phi) is 13.4. The van der Waals surface area contributed by atoms with E-state index in [-0.39, 0.29) is 5.28 Å². The van der Waals surface area contributed by atoms with Gasteiger partial charge in [0.1, 0.15) is 30.7 Å². The van der Waals surface area contributed by atoms with Gasteiger partial charge in [-0.05, 0) is 92.2 Å². The van der Waals surface area contributed by atoms with Crippen LogP contribution in [0, 0.1) is 7.14 Å². The molecule has 2 aliphatic rings. The standard InChI is InChI=1S/C18H18ClIN6O4.C18H19IN6O4/c1-21-16(29)13-11(27)12(28)17(30-13)26-7-23-10-14(24-18(19)25-15(10)26)22-6-8-3-2-4-9(20)5-8;1-20-17(28)14-12(26)13(27)18(29-14)25-8-24-11-15(22-7-23-16(11)25)21-6-9-3-2-4-10(19)5-9/h2-5,7,11-13,17,27-28H,6H2,1H3,(H,21,29)(H,22,24,25);2-5,7-8,12-14,18,26-27H,6H2,1H3,(H,20,28)(H,21,22,23)/t11-,12?,13+,17-;12-,13?,14+,18-/m11/s1. The van der Waals surface area contributed by atoms with Crippen LogP contribution >= 0.6 is 56.8 Å². The molecule has 2 unspecified atom stereocenters. The van der Waals surface area contributed by atoms with Crippen molar-refractivity contribution in [1.29, 1.82) is 0 Å². The molecule has 4 aromatic heterocycles. The van der Waals surface area contributed by atoms with Gasteiger partial charge >= 0.3 is 0 Å². The number of aliphatic hydroxyl groups excluding tert-OH is 4. The van der Waals surface area contributed by atoms with E-state index >= 15 is 0 Å². The van der Waals surface area contributed by atoms with E-state index in [9.17, 15) is 30.0 Å². The van der Waals surface area contributed by atoms with Gasteiger partial charge in [0.05, 0.1) is 12.7 Å². The first kappa shape index (κ1) is 42.7. The van der Waals surface area contributed by atoms with E-state index in [2.05, 4.69) is 102 Å². The van der Waals surface area contributed by atoms with Crippen LogP contribution in [0.2, 0.25) is 5.28 Å². The number of hydrogen-bond donors (Lipinski definition) is 8. The summed E-state index contributed by atoms with van der Waals surface area (Å²) in [6.07, 6.45) is -5.68. The maximum Gasteiger partial charge on any atom is 0.251 e. The molecule has 2 saturated heterocycles. The van der Waals surface area contributed by atoms with E-state index in [1.807, 2.05) is 42.5 Å². The van der Waals surface area contributed by atoms with Gasteiger partial charge in [0, 0.05) is 34.3 Å². The lowest BCUT2D eigenvalue weighted by Gasteiger charge is -2.16. The minimum absolute atomic E-state index is 0.0229. The summed E-state index contributed by atoms with van der Waals surface area (Å²) in [6, 6.07) is 16.1. The molecule has 20 nitrogen and oxygen atoms in total. The zero-order valence-electron chi connectivity index (χ0n) is 31.0. The van der Waals surface area contributed by atoms with E-state index in [4.69, 9.17) is 21.1 Å². The Balaban J connectivity index is 0.000000179. The molecule has 8 rings (SSSR count). The average Bonchev–Trinajstić information content (AvgIpc) is 4.00. The number of fused-ring (bicyclic) bond motifs is 2. The van der Waals surface area contributed by atoms with Crippen molar-refractivity contribution in [2.75, 3.05) is 24.7 Å². The molecule has 23 heteroatoms. The molecule has 0 aliphatic carbocycles. The molecule has 6 heterocycles. The summed E-state index contributed by atoms with van der Waals surface area (Å²) in [4.78, 5) is 49.4. The lowest BCUT2D eigenvalue weighted by molar-refractivity contribution is -0.137. The topological polar surface area (TPSA) is 269 Å². The fraction of sp³-hybridized carbons (Fsp3) is 0.333. The van der Waals surface area contributed by atoms with Crippen molar-refractivity contribution >= 4 is 103 Å². The Morgan fingerprint density at radius 2 is 1.19 bits per heavy atom. The zero-order chi connectivity index (χ0) is 42.0. The summed E-state index contributed by atoms with van der Waals surface area (Å²) in [5, 5.41) is 52.4. The third-order valence-electron chi connectivity index (χ3n) is 9.49. The molecule has 2 fully saturated rings. The third-order valence-corrected chi connectivity index (χ3v) is 11.0. The Morgan fingerprint density at radius 3 is 1.69 bits per heavy atom. The maximum absolute atomic E-state index is 11.9. The lowest BCUT2D eigenvalue weighted by atomic mass is 10.1. The molecule has 2 aliphatic heterocycles. The average molecular weight is 1060 g/mol. The van der Waals surface area contributed by atoms with Gasteiger partial charge in [0.2, 0.25) is 5.28 Å². The van der Waals surface area contributed by atoms with Crippen molar-refractivity contribution < 1.29 is 39.5 Å². The van der Waals surface area contributed by atoms with Crippen LogP contribution in [0.5, 0.6) is 0 Å². The molecule has 310 valence electrons. The number of likely N-dealkylation sites (N-methyl/N-ethyl adjacent to an activating group) is 2. The van der Waals surface area contributed by atoms with Gasteiger partial charge in [-0.1, -0.05) is 24.3 Å². The normalized spacial score (nSPS) is 23.8. The second-order valence-corrected chi connectivity index (χ2v) is 16.1. The van der Waals surface area contributed by atoms with Gasteiger partial charge in [-0.2, -0.15) is 9.97 Å². The monoisotopic (exact) mass is 1050 g/mol. The number of carbonyl (C=O) groups excluding carboxylic acids is 2. The van der Waals surface area contributed by atoms with Gasteiger partial charge < -0.3 is 51.2 Å². The van der Waals surface area contributed by atoms with Crippen LogP contribution in [0.3, 0.4) is 0 Å². The minimum Gasteiger partial charge on any atom is -0.387 e. The molecule has 0 radical (unpaired) electrons. The summed E-state index contributed by atoms with van der Waals surface area (Å²) < 4.78 is 16.4. The number of rotatable bonds is 10. The fourth-order valence-electron chi connectivity index (χ4n) is 6.53. The summed E-state index contributed by atoms with van der Waals surface area (Å²) in [5.74, 6) is -0.110. The molecular weight excluding hydrogens is 1020 g/mol. The number of benzene rings is 2. The van der Waals surface area contributed by atoms with Crippen molar-refractivity contribution in [3.8, 4) is 0 Å². The van der Waals surface area contributed by atoms with Gasteiger partial charge in [0.25, 0.3) is 11.8 Å². The van der Waals surface area contributed by atoms with E-state index in [0.29, 0.717) is 47.1 Å². The Morgan fingerprint density at radius 1 is 0.695 bits per heavy atom. The van der Waals surface area contributed by atoms with Gasteiger partial charge in [-0.25, -0.2) is 19.9 Å². The molecule has 8 atom stereocenters. The molecule has 59 heavy (non-hydrogen) atoms. The predicted molar refractivity (Wildman–Crippen MR) is 229 cm³/mol. The summed E-state index contributed by atoms with van der Waals surface area (Å²) in [7, 11) is 2.85. The Labute approximate surface area is 367 Å². The second kappa shape index (κ2) is 18.5. The number of halogens is 3. The molecule has 6 aromatic rings. The molecule has 2 amide bonds. The van der Waals surface area contributed by atoms with Crippen molar-refractivity contribution in [2.24, 2.45) is 0 Å². The van der Waals surface area contributed by atoms with Crippen molar-refractivity contribution in [3.05, 3.63) is 91.1 Å². The smallest absolute Gasteiger partial charge is 0.251 e. The molecule has 0 spiro atoms. The largest absolute Gasteiger partial charge is 0.387 e. The van der Waals surface area contributed by atoms with Crippen LogP contribution in [-0.4, -0.2) is 122 Å². The molecule has 0 saturated carbocycles. The van der Waals surface area contributed by atoms with Crippen LogP contribution in [-0.2, 0) is 32.2 Å². The number of aromatic nitrogens is 8. The lowest BCUT2D eigenvalue weighted by Crippen LogP contribution is -2.41. The Hall–Kier alpha value is -4.41. The van der Waals surface area contributed by atoms with E-state index in [0.717, 1.165) is 18.3 Å². The molecule has 2 aromatic carbocycles. The Bertz CT molecular complexity index is 2480. The predicted octanol–water partition coefficient (Wildman–Crippen LogP) is 1.47.